The van der Waals surface area contributed by atoms with Crippen molar-refractivity contribution in [2.24, 2.45) is 5.92 Å². The highest BCUT2D eigenvalue weighted by atomic mass is 16.5. The lowest BCUT2D eigenvalue weighted by Crippen LogP contribution is -2.32. The molecule has 0 spiro atoms. The average molecular weight is 260 g/mol. The molecule has 104 valence electrons. The van der Waals surface area contributed by atoms with E-state index in [9.17, 15) is 0 Å². The Morgan fingerprint density at radius 3 is 2.95 bits per heavy atom. The first-order valence-electron chi connectivity index (χ1n) is 7.56. The SMILES string of the molecule is c1ccc2c(c1)CC(CNCCCNC1CC1)CO2. The molecule has 1 aliphatic carbocycles. The molecule has 1 aliphatic heterocycles. The van der Waals surface area contributed by atoms with E-state index >= 15 is 0 Å². The van der Waals surface area contributed by atoms with Crippen LogP contribution in [0.3, 0.4) is 0 Å². The van der Waals surface area contributed by atoms with E-state index in [2.05, 4.69) is 28.8 Å². The Hall–Kier alpha value is -1.06. The summed E-state index contributed by atoms with van der Waals surface area (Å²) in [5.41, 5.74) is 1.36. The van der Waals surface area contributed by atoms with Gasteiger partial charge in [-0.1, -0.05) is 18.2 Å². The van der Waals surface area contributed by atoms with E-state index in [0.29, 0.717) is 5.92 Å². The number of nitrogens with one attached hydrogen (secondary N) is 2. The van der Waals surface area contributed by atoms with Crippen LogP contribution in [-0.2, 0) is 6.42 Å². The fourth-order valence-corrected chi connectivity index (χ4v) is 2.64. The molecule has 0 aromatic heterocycles. The molecule has 0 bridgehead atoms. The Bertz CT molecular complexity index is 403. The van der Waals surface area contributed by atoms with Gasteiger partial charge in [-0.15, -0.1) is 0 Å². The Balaban J connectivity index is 1.31. The van der Waals surface area contributed by atoms with Gasteiger partial charge in [0, 0.05) is 18.5 Å². The lowest BCUT2D eigenvalue weighted by molar-refractivity contribution is 0.218. The zero-order chi connectivity index (χ0) is 12.9. The molecule has 2 aliphatic rings. The molecule has 3 nitrogen and oxygen atoms in total. The second-order valence-corrected chi connectivity index (χ2v) is 5.77. The summed E-state index contributed by atoms with van der Waals surface area (Å²) < 4.78 is 5.80. The van der Waals surface area contributed by atoms with Crippen molar-refractivity contribution in [2.75, 3.05) is 26.2 Å². The van der Waals surface area contributed by atoms with Gasteiger partial charge in [-0.25, -0.2) is 0 Å². The lowest BCUT2D eigenvalue weighted by atomic mass is 9.97. The van der Waals surface area contributed by atoms with Crippen LogP contribution in [0.2, 0.25) is 0 Å². The summed E-state index contributed by atoms with van der Waals surface area (Å²) in [6.07, 6.45) is 5.13. The van der Waals surface area contributed by atoms with Gasteiger partial charge in [0.25, 0.3) is 0 Å². The zero-order valence-corrected chi connectivity index (χ0v) is 11.5. The number of fused-ring (bicyclic) bond motifs is 1. The maximum absolute atomic E-state index is 5.80. The van der Waals surface area contributed by atoms with Gasteiger partial charge < -0.3 is 15.4 Å². The number of hydrogen-bond donors (Lipinski definition) is 2. The molecule has 1 heterocycles. The Morgan fingerprint density at radius 1 is 1.16 bits per heavy atom. The van der Waals surface area contributed by atoms with Gasteiger partial charge in [-0.2, -0.15) is 0 Å². The fraction of sp³-hybridized carbons (Fsp3) is 0.625. The first-order valence-corrected chi connectivity index (χ1v) is 7.56. The van der Waals surface area contributed by atoms with Crippen molar-refractivity contribution >= 4 is 0 Å². The molecule has 1 aromatic carbocycles. The van der Waals surface area contributed by atoms with Crippen molar-refractivity contribution < 1.29 is 4.74 Å². The van der Waals surface area contributed by atoms with Gasteiger partial charge in [0.05, 0.1) is 6.61 Å². The third kappa shape index (κ3) is 3.95. The van der Waals surface area contributed by atoms with Gasteiger partial charge in [0.15, 0.2) is 0 Å². The predicted octanol–water partition coefficient (Wildman–Crippen LogP) is 1.97. The monoisotopic (exact) mass is 260 g/mol. The molecule has 19 heavy (non-hydrogen) atoms. The maximum atomic E-state index is 5.80. The standard InChI is InChI=1S/C16H24N2O/c1-2-5-16-14(4-1)10-13(12-19-16)11-17-8-3-9-18-15-6-7-15/h1-2,4-5,13,15,17-18H,3,6-12H2. The Morgan fingerprint density at radius 2 is 2.05 bits per heavy atom. The topological polar surface area (TPSA) is 33.3 Å². The number of hydrogen-bond acceptors (Lipinski definition) is 3. The Kier molecular flexibility index (Phi) is 4.36. The van der Waals surface area contributed by atoms with Crippen LogP contribution in [0.5, 0.6) is 5.75 Å². The van der Waals surface area contributed by atoms with Gasteiger partial charge in [-0.05, 0) is 50.4 Å². The molecular weight excluding hydrogens is 236 g/mol. The minimum atomic E-state index is 0.617. The first-order chi connectivity index (χ1) is 9.42. The maximum Gasteiger partial charge on any atom is 0.122 e. The van der Waals surface area contributed by atoms with E-state index in [4.69, 9.17) is 4.74 Å². The molecule has 0 amide bonds. The van der Waals surface area contributed by atoms with Crippen LogP contribution < -0.4 is 15.4 Å². The number of rotatable bonds is 7. The summed E-state index contributed by atoms with van der Waals surface area (Å²) in [6.45, 7) is 4.18. The second kappa shape index (κ2) is 6.40. The average Bonchev–Trinajstić information content (AvgIpc) is 3.27. The van der Waals surface area contributed by atoms with E-state index in [1.165, 1.54) is 24.8 Å². The van der Waals surface area contributed by atoms with Crippen LogP contribution in [0, 0.1) is 5.92 Å². The lowest BCUT2D eigenvalue weighted by Gasteiger charge is -2.25. The molecule has 2 N–H and O–H groups in total. The molecule has 1 aromatic rings. The quantitative estimate of drug-likeness (QED) is 0.735. The van der Waals surface area contributed by atoms with Crippen molar-refractivity contribution in [2.45, 2.75) is 31.7 Å². The normalized spacial score (nSPS) is 21.8. The van der Waals surface area contributed by atoms with E-state index < -0.39 is 0 Å². The largest absolute Gasteiger partial charge is 0.493 e. The highest BCUT2D eigenvalue weighted by Crippen LogP contribution is 2.26. The fourth-order valence-electron chi connectivity index (χ4n) is 2.64. The second-order valence-electron chi connectivity index (χ2n) is 5.77. The van der Waals surface area contributed by atoms with Gasteiger partial charge in [0.1, 0.15) is 5.75 Å². The highest BCUT2D eigenvalue weighted by Gasteiger charge is 2.20. The minimum absolute atomic E-state index is 0.617. The molecule has 1 unspecified atom stereocenters. The van der Waals surface area contributed by atoms with E-state index in [1.54, 1.807) is 0 Å². The van der Waals surface area contributed by atoms with E-state index in [1.807, 2.05) is 6.07 Å². The van der Waals surface area contributed by atoms with Crippen molar-refractivity contribution in [1.82, 2.24) is 10.6 Å². The van der Waals surface area contributed by atoms with Crippen molar-refractivity contribution in [3.8, 4) is 5.75 Å². The first kappa shape index (κ1) is 12.9. The Labute approximate surface area is 115 Å². The predicted molar refractivity (Wildman–Crippen MR) is 77.6 cm³/mol. The summed E-state index contributed by atoms with van der Waals surface area (Å²) in [4.78, 5) is 0. The van der Waals surface area contributed by atoms with Crippen LogP contribution in [-0.4, -0.2) is 32.3 Å². The molecule has 0 radical (unpaired) electrons. The highest BCUT2D eigenvalue weighted by molar-refractivity contribution is 5.35. The van der Waals surface area contributed by atoms with Gasteiger partial charge in [0.2, 0.25) is 0 Å². The summed E-state index contributed by atoms with van der Waals surface area (Å²) in [6, 6.07) is 9.23. The molecule has 3 heteroatoms. The van der Waals surface area contributed by atoms with Crippen molar-refractivity contribution in [3.05, 3.63) is 29.8 Å². The summed E-state index contributed by atoms with van der Waals surface area (Å²) in [5, 5.41) is 7.10. The molecule has 1 saturated carbocycles. The summed E-state index contributed by atoms with van der Waals surface area (Å²) >= 11 is 0. The minimum Gasteiger partial charge on any atom is -0.493 e. The third-order valence-electron chi connectivity index (χ3n) is 3.93. The number of benzene rings is 1. The smallest absolute Gasteiger partial charge is 0.122 e. The molecular formula is C16H24N2O. The van der Waals surface area contributed by atoms with Crippen LogP contribution in [0.15, 0.2) is 24.3 Å². The van der Waals surface area contributed by atoms with Crippen molar-refractivity contribution in [3.63, 3.8) is 0 Å². The van der Waals surface area contributed by atoms with E-state index in [-0.39, 0.29) is 0 Å². The third-order valence-corrected chi connectivity index (χ3v) is 3.93. The zero-order valence-electron chi connectivity index (χ0n) is 11.5. The summed E-state index contributed by atoms with van der Waals surface area (Å²) in [5.74, 6) is 1.69. The van der Waals surface area contributed by atoms with Crippen LogP contribution in [0.1, 0.15) is 24.8 Å². The number of ether oxygens (including phenoxy) is 1. The van der Waals surface area contributed by atoms with Crippen LogP contribution >= 0.6 is 0 Å². The molecule has 1 fully saturated rings. The van der Waals surface area contributed by atoms with Crippen LogP contribution in [0.4, 0.5) is 0 Å². The number of para-hydroxylation sites is 1. The van der Waals surface area contributed by atoms with Crippen molar-refractivity contribution in [1.29, 1.82) is 0 Å². The van der Waals surface area contributed by atoms with Crippen LogP contribution in [0.25, 0.3) is 0 Å². The molecule has 0 saturated heterocycles. The molecule has 1 atom stereocenters. The molecule has 3 rings (SSSR count). The van der Waals surface area contributed by atoms with Gasteiger partial charge in [-0.3, -0.25) is 0 Å². The van der Waals surface area contributed by atoms with Gasteiger partial charge >= 0.3 is 0 Å². The van der Waals surface area contributed by atoms with E-state index in [0.717, 1.165) is 44.5 Å². The summed E-state index contributed by atoms with van der Waals surface area (Å²) in [7, 11) is 0.